The van der Waals surface area contributed by atoms with Gasteiger partial charge >= 0.3 is 0 Å². The molecule has 8 N–H and O–H groups in total. The maximum absolute atomic E-state index is 11.7. The van der Waals surface area contributed by atoms with Crippen LogP contribution in [0.2, 0.25) is 0 Å². The second-order valence-electron chi connectivity index (χ2n) is 12.4. The highest BCUT2D eigenvalue weighted by atomic mass is 35.5. The van der Waals surface area contributed by atoms with Crippen molar-refractivity contribution in [2.45, 2.75) is 116 Å². The Kier molecular flexibility index (Phi) is 17.2. The average molecular weight is 632 g/mol. The summed E-state index contributed by atoms with van der Waals surface area (Å²) >= 11 is 0. The van der Waals surface area contributed by atoms with Gasteiger partial charge in [-0.25, -0.2) is 0 Å². The van der Waals surface area contributed by atoms with Crippen LogP contribution in [0, 0.1) is 23.7 Å². The van der Waals surface area contributed by atoms with E-state index in [0.717, 1.165) is 12.8 Å². The molecule has 0 aromatic rings. The fraction of sp³-hybridized carbons (Fsp3) is 0.929. The number of hydrogen-bond acceptors (Lipinski definition) is 8. The normalized spacial score (nSPS) is 31.4. The molecule has 2 amide bonds. The molecule has 13 heteroatoms. The van der Waals surface area contributed by atoms with Gasteiger partial charge in [0, 0.05) is 86.9 Å². The van der Waals surface area contributed by atoms with E-state index in [-0.39, 0.29) is 77.9 Å². The van der Waals surface area contributed by atoms with Gasteiger partial charge in [0.15, 0.2) is 0 Å². The number of piperidine rings is 6. The smallest absolute Gasteiger partial charge is 0.223 e. The summed E-state index contributed by atoms with van der Waals surface area (Å²) in [6.45, 7) is 14.4. The third-order valence-electron chi connectivity index (χ3n) is 8.97. The minimum atomic E-state index is -0.511. The molecule has 6 heterocycles. The van der Waals surface area contributed by atoms with Crippen molar-refractivity contribution in [1.29, 1.82) is 0 Å². The first-order valence-corrected chi connectivity index (χ1v) is 14.7. The fourth-order valence-electron chi connectivity index (χ4n) is 6.96. The zero-order valence-corrected chi connectivity index (χ0v) is 27.0. The quantitative estimate of drug-likeness (QED) is 0.194. The number of fused-ring (bicyclic) bond motifs is 6. The van der Waals surface area contributed by atoms with E-state index in [1.807, 2.05) is 13.8 Å². The summed E-state index contributed by atoms with van der Waals surface area (Å²) in [6.07, 6.45) is 0.442. The Bertz CT molecular complexity index is 747. The molecular formula is C28H56Cl2N4O7. The van der Waals surface area contributed by atoms with Crippen LogP contribution in [0.4, 0.5) is 0 Å². The van der Waals surface area contributed by atoms with Crippen molar-refractivity contribution < 1.29 is 35.5 Å². The van der Waals surface area contributed by atoms with Crippen LogP contribution in [0.15, 0.2) is 0 Å². The first-order chi connectivity index (χ1) is 17.9. The summed E-state index contributed by atoms with van der Waals surface area (Å²) in [4.78, 5) is 26.8. The van der Waals surface area contributed by atoms with Gasteiger partial charge in [0.25, 0.3) is 0 Å². The minimum absolute atomic E-state index is 0. The third kappa shape index (κ3) is 9.61. The predicted octanol–water partition coefficient (Wildman–Crippen LogP) is -0.0549. The highest BCUT2D eigenvalue weighted by Gasteiger charge is 2.49. The second kappa shape index (κ2) is 17.5. The number of halogens is 2. The van der Waals surface area contributed by atoms with Gasteiger partial charge in [-0.2, -0.15) is 0 Å². The van der Waals surface area contributed by atoms with Crippen LogP contribution < -0.4 is 10.6 Å². The molecule has 10 unspecified atom stereocenters. The molecule has 0 spiro atoms. The first kappa shape index (κ1) is 40.2. The number of aliphatic hydroxyl groups excluding tert-OH is 4. The van der Waals surface area contributed by atoms with Crippen LogP contribution in [0.25, 0.3) is 0 Å². The van der Waals surface area contributed by atoms with Gasteiger partial charge in [-0.05, 0) is 12.8 Å². The Balaban J connectivity index is 0.000000727. The molecule has 6 fully saturated rings. The molecule has 0 aromatic carbocycles. The summed E-state index contributed by atoms with van der Waals surface area (Å²) in [5.74, 6) is 0.0218. The van der Waals surface area contributed by atoms with Crippen LogP contribution in [-0.4, -0.2) is 122 Å². The topological polar surface area (TPSA) is 177 Å². The Morgan fingerprint density at radius 1 is 0.707 bits per heavy atom. The molecule has 11 nitrogen and oxygen atoms in total. The summed E-state index contributed by atoms with van der Waals surface area (Å²) in [5.41, 5.74) is 0. The molecule has 6 rings (SSSR count). The van der Waals surface area contributed by atoms with Crippen molar-refractivity contribution in [1.82, 2.24) is 20.4 Å². The van der Waals surface area contributed by atoms with Gasteiger partial charge < -0.3 is 46.3 Å². The Morgan fingerprint density at radius 3 is 1.27 bits per heavy atom. The van der Waals surface area contributed by atoms with Crippen LogP contribution in [-0.2, 0) is 9.59 Å². The van der Waals surface area contributed by atoms with Crippen LogP contribution >= 0.6 is 24.8 Å². The van der Waals surface area contributed by atoms with Crippen molar-refractivity contribution in [2.24, 2.45) is 23.7 Å². The van der Waals surface area contributed by atoms with Crippen LogP contribution in [0.5, 0.6) is 0 Å². The molecule has 10 atom stereocenters. The molecule has 41 heavy (non-hydrogen) atoms. The second-order valence-corrected chi connectivity index (χ2v) is 12.4. The summed E-state index contributed by atoms with van der Waals surface area (Å²) in [7, 11) is 0. The van der Waals surface area contributed by atoms with E-state index in [2.05, 4.69) is 38.3 Å². The maximum Gasteiger partial charge on any atom is 0.223 e. The maximum atomic E-state index is 11.7. The van der Waals surface area contributed by atoms with E-state index in [0.29, 0.717) is 51.1 Å². The number of hydrogen-bond donors (Lipinski definition) is 6. The highest BCUT2D eigenvalue weighted by molar-refractivity contribution is 5.85. The lowest BCUT2D eigenvalue weighted by molar-refractivity contribution is -0.160. The van der Waals surface area contributed by atoms with Crippen molar-refractivity contribution in [3.05, 3.63) is 0 Å². The standard InChI is InChI=1S/2C14H26N2O3.2ClH.H2O/c2*1-4-11(15-8(2)3)14(19)10-6-16-7-12(17)9(10)5-13(16)18;;;/h2*8-12,14-15,17,19H,4-7H2,1-3H3;2*1H;1H2. The number of nitrogens with zero attached hydrogens (tertiary/aromatic N) is 2. The van der Waals surface area contributed by atoms with Gasteiger partial charge in [0.05, 0.1) is 24.4 Å². The van der Waals surface area contributed by atoms with Crippen molar-refractivity contribution >= 4 is 36.6 Å². The lowest BCUT2D eigenvalue weighted by Crippen LogP contribution is -2.63. The zero-order chi connectivity index (χ0) is 28.3. The number of nitrogens with one attached hydrogen (secondary N) is 2. The molecule has 244 valence electrons. The molecule has 6 saturated heterocycles. The average Bonchev–Trinajstić information content (AvgIpc) is 2.86. The van der Waals surface area contributed by atoms with Gasteiger partial charge in [-0.15, -0.1) is 24.8 Å². The van der Waals surface area contributed by atoms with Crippen molar-refractivity contribution in [3.63, 3.8) is 0 Å². The van der Waals surface area contributed by atoms with Crippen LogP contribution in [0.1, 0.15) is 67.2 Å². The Hall–Kier alpha value is -0.760. The van der Waals surface area contributed by atoms with Gasteiger partial charge in [-0.3, -0.25) is 9.59 Å². The summed E-state index contributed by atoms with van der Waals surface area (Å²) in [6, 6.07) is 0.667. The minimum Gasteiger partial charge on any atom is -0.412 e. The third-order valence-corrected chi connectivity index (χ3v) is 8.97. The number of carbonyl (C=O) groups excluding carboxylic acids is 2. The Labute approximate surface area is 257 Å². The van der Waals surface area contributed by atoms with Gasteiger partial charge in [0.1, 0.15) is 0 Å². The monoisotopic (exact) mass is 630 g/mol. The van der Waals surface area contributed by atoms with Crippen LogP contribution in [0.3, 0.4) is 0 Å². The zero-order valence-electron chi connectivity index (χ0n) is 25.4. The molecule has 0 radical (unpaired) electrons. The lowest BCUT2D eigenvalue weighted by atomic mass is 9.72. The van der Waals surface area contributed by atoms with E-state index < -0.39 is 24.4 Å². The highest BCUT2D eigenvalue weighted by Crippen LogP contribution is 2.37. The van der Waals surface area contributed by atoms with E-state index >= 15 is 0 Å². The largest absolute Gasteiger partial charge is 0.412 e. The van der Waals surface area contributed by atoms with E-state index in [9.17, 15) is 30.0 Å². The number of amides is 2. The fourth-order valence-corrected chi connectivity index (χ4v) is 6.96. The first-order valence-electron chi connectivity index (χ1n) is 14.7. The van der Waals surface area contributed by atoms with E-state index in [1.165, 1.54) is 0 Å². The van der Waals surface area contributed by atoms with Gasteiger partial charge in [0.2, 0.25) is 11.8 Å². The SMILES string of the molecule is CCC(NC(C)C)C(O)C1CN2CC(O)C1CC2=O.CCC(NC(C)C)C(O)C1CN2CC(O)C1CC2=O.Cl.Cl.O. The molecule has 0 aromatic heterocycles. The summed E-state index contributed by atoms with van der Waals surface area (Å²) in [5, 5.41) is 48.0. The molecule has 0 aliphatic carbocycles. The van der Waals surface area contributed by atoms with Gasteiger partial charge in [-0.1, -0.05) is 41.5 Å². The molecule has 6 aliphatic heterocycles. The number of rotatable bonds is 10. The van der Waals surface area contributed by atoms with Crippen molar-refractivity contribution in [3.8, 4) is 0 Å². The summed E-state index contributed by atoms with van der Waals surface area (Å²) < 4.78 is 0. The molecular weight excluding hydrogens is 575 g/mol. The number of aliphatic hydroxyl groups is 4. The number of carbonyl (C=O) groups is 2. The predicted molar refractivity (Wildman–Crippen MR) is 163 cm³/mol. The molecule has 0 saturated carbocycles. The van der Waals surface area contributed by atoms with E-state index in [4.69, 9.17) is 0 Å². The van der Waals surface area contributed by atoms with Crippen molar-refractivity contribution in [2.75, 3.05) is 26.2 Å². The Morgan fingerprint density at radius 2 is 1.02 bits per heavy atom. The van der Waals surface area contributed by atoms with E-state index in [1.54, 1.807) is 9.80 Å². The molecule has 6 aliphatic rings. The lowest BCUT2D eigenvalue weighted by Gasteiger charge is -2.50. The molecule has 4 bridgehead atoms.